The summed E-state index contributed by atoms with van der Waals surface area (Å²) in [7, 11) is -3.49. The molecule has 0 spiro atoms. The third-order valence-corrected chi connectivity index (χ3v) is 6.54. The van der Waals surface area contributed by atoms with Crippen molar-refractivity contribution in [2.24, 2.45) is 0 Å². The Bertz CT molecular complexity index is 805. The second-order valence-electron chi connectivity index (χ2n) is 6.17. The zero-order valence-electron chi connectivity index (χ0n) is 13.7. The summed E-state index contributed by atoms with van der Waals surface area (Å²) in [6, 6.07) is 16.4. The van der Waals surface area contributed by atoms with E-state index in [1.807, 2.05) is 18.2 Å². The molecule has 0 aromatic heterocycles. The second kappa shape index (κ2) is 6.87. The molecule has 2 aromatic rings. The molecule has 126 valence electrons. The topological polar surface area (TPSA) is 54.5 Å². The number of carbonyl (C=O) groups excluding carboxylic acids is 1. The largest absolute Gasteiger partial charge is 0.295 e. The van der Waals surface area contributed by atoms with Crippen LogP contribution in [0.25, 0.3) is 0 Å². The highest BCUT2D eigenvalue weighted by Gasteiger charge is 2.29. The van der Waals surface area contributed by atoms with E-state index in [9.17, 15) is 13.2 Å². The second-order valence-corrected chi connectivity index (χ2v) is 8.11. The molecule has 0 saturated carbocycles. The molecule has 0 aliphatic carbocycles. The monoisotopic (exact) mass is 343 g/mol. The Labute approximate surface area is 143 Å². The number of piperidine rings is 1. The van der Waals surface area contributed by atoms with Gasteiger partial charge in [-0.15, -0.1) is 0 Å². The van der Waals surface area contributed by atoms with Gasteiger partial charge in [-0.3, -0.25) is 4.79 Å². The van der Waals surface area contributed by atoms with Gasteiger partial charge in [0.1, 0.15) is 0 Å². The number of Topliss-reactive ketones (excluding diaryl/α,β-unsaturated/α-hetero) is 1. The molecule has 1 aliphatic rings. The first-order chi connectivity index (χ1) is 11.5. The van der Waals surface area contributed by atoms with Crippen LogP contribution in [-0.4, -0.2) is 31.6 Å². The first-order valence-electron chi connectivity index (χ1n) is 8.14. The van der Waals surface area contributed by atoms with E-state index in [0.717, 1.165) is 12.8 Å². The van der Waals surface area contributed by atoms with Crippen molar-refractivity contribution in [1.29, 1.82) is 0 Å². The Hall–Kier alpha value is -1.98. The van der Waals surface area contributed by atoms with Crippen molar-refractivity contribution in [3.05, 3.63) is 65.7 Å². The molecule has 5 heteroatoms. The zero-order valence-corrected chi connectivity index (χ0v) is 14.5. The number of sulfonamides is 1. The molecule has 0 amide bonds. The van der Waals surface area contributed by atoms with Gasteiger partial charge in [-0.1, -0.05) is 42.5 Å². The maximum Gasteiger partial charge on any atom is 0.243 e. The summed E-state index contributed by atoms with van der Waals surface area (Å²) in [5.41, 5.74) is 1.80. The molecule has 1 fully saturated rings. The van der Waals surface area contributed by atoms with E-state index < -0.39 is 10.0 Å². The predicted octanol–water partition coefficient (Wildman–Crippen LogP) is 3.46. The Balaban J connectivity index is 1.72. The Morgan fingerprint density at radius 1 is 0.958 bits per heavy atom. The summed E-state index contributed by atoms with van der Waals surface area (Å²) >= 11 is 0. The van der Waals surface area contributed by atoms with E-state index in [-0.39, 0.29) is 10.7 Å². The van der Waals surface area contributed by atoms with Gasteiger partial charge in [-0.2, -0.15) is 4.31 Å². The lowest BCUT2D eigenvalue weighted by molar-refractivity contribution is 0.101. The van der Waals surface area contributed by atoms with Gasteiger partial charge < -0.3 is 0 Å². The molecule has 0 N–H and O–H groups in total. The molecule has 0 atom stereocenters. The van der Waals surface area contributed by atoms with Gasteiger partial charge >= 0.3 is 0 Å². The van der Waals surface area contributed by atoms with E-state index in [1.54, 1.807) is 16.4 Å². The van der Waals surface area contributed by atoms with E-state index in [4.69, 9.17) is 0 Å². The van der Waals surface area contributed by atoms with Gasteiger partial charge in [-0.25, -0.2) is 8.42 Å². The average molecular weight is 343 g/mol. The lowest BCUT2D eigenvalue weighted by Crippen LogP contribution is -2.37. The first-order valence-corrected chi connectivity index (χ1v) is 9.58. The highest BCUT2D eigenvalue weighted by Crippen LogP contribution is 2.30. The number of rotatable bonds is 4. The molecule has 1 heterocycles. The van der Waals surface area contributed by atoms with Crippen LogP contribution in [0.3, 0.4) is 0 Å². The lowest BCUT2D eigenvalue weighted by atomic mass is 9.90. The van der Waals surface area contributed by atoms with E-state index in [0.29, 0.717) is 24.6 Å². The van der Waals surface area contributed by atoms with Crippen molar-refractivity contribution >= 4 is 15.8 Å². The van der Waals surface area contributed by atoms with Crippen LogP contribution in [-0.2, 0) is 10.0 Å². The third-order valence-electron chi connectivity index (χ3n) is 4.62. The van der Waals surface area contributed by atoms with Crippen LogP contribution < -0.4 is 0 Å². The molecular weight excluding hydrogens is 322 g/mol. The highest BCUT2D eigenvalue weighted by atomic mass is 32.2. The molecule has 3 rings (SSSR count). The number of carbonyl (C=O) groups is 1. The van der Waals surface area contributed by atoms with Crippen molar-refractivity contribution in [3.63, 3.8) is 0 Å². The summed E-state index contributed by atoms with van der Waals surface area (Å²) in [5.74, 6) is 0.348. The molecule has 1 aliphatic heterocycles. The molecular formula is C19H21NO3S. The molecule has 2 aromatic carbocycles. The summed E-state index contributed by atoms with van der Waals surface area (Å²) in [4.78, 5) is 11.6. The van der Waals surface area contributed by atoms with Gasteiger partial charge in [-0.05, 0) is 43.4 Å². The predicted molar refractivity (Wildman–Crippen MR) is 93.6 cm³/mol. The van der Waals surface area contributed by atoms with Crippen LogP contribution in [0.5, 0.6) is 0 Å². The van der Waals surface area contributed by atoms with E-state index >= 15 is 0 Å². The molecule has 24 heavy (non-hydrogen) atoms. The van der Waals surface area contributed by atoms with Crippen LogP contribution in [0.15, 0.2) is 59.5 Å². The first kappa shape index (κ1) is 16.9. The quantitative estimate of drug-likeness (QED) is 0.799. The van der Waals surface area contributed by atoms with Crippen molar-refractivity contribution in [3.8, 4) is 0 Å². The number of ketones is 1. The van der Waals surface area contributed by atoms with Gasteiger partial charge in [0.25, 0.3) is 0 Å². The van der Waals surface area contributed by atoms with Crippen LogP contribution in [0.1, 0.15) is 41.6 Å². The minimum absolute atomic E-state index is 0.0670. The van der Waals surface area contributed by atoms with E-state index in [1.165, 1.54) is 24.6 Å². The van der Waals surface area contributed by atoms with Crippen molar-refractivity contribution in [2.75, 3.05) is 13.1 Å². The van der Waals surface area contributed by atoms with Gasteiger partial charge in [0.05, 0.1) is 4.90 Å². The minimum atomic E-state index is -3.49. The number of benzene rings is 2. The van der Waals surface area contributed by atoms with Crippen LogP contribution in [0.2, 0.25) is 0 Å². The van der Waals surface area contributed by atoms with Crippen molar-refractivity contribution < 1.29 is 13.2 Å². The SMILES string of the molecule is CC(=O)c1ccc(S(=O)(=O)N2CCC(c3ccccc3)CC2)cc1. The van der Waals surface area contributed by atoms with Crippen LogP contribution in [0, 0.1) is 0 Å². The van der Waals surface area contributed by atoms with Crippen molar-refractivity contribution in [1.82, 2.24) is 4.31 Å². The summed E-state index contributed by atoms with van der Waals surface area (Å²) in [5, 5.41) is 0. The molecule has 0 radical (unpaired) electrons. The third kappa shape index (κ3) is 3.42. The van der Waals surface area contributed by atoms with Gasteiger partial charge in [0, 0.05) is 18.7 Å². The summed E-state index contributed by atoms with van der Waals surface area (Å²) in [6.45, 7) is 2.52. The normalized spacial score (nSPS) is 16.9. The van der Waals surface area contributed by atoms with E-state index in [2.05, 4.69) is 12.1 Å². The number of nitrogens with zero attached hydrogens (tertiary/aromatic N) is 1. The molecule has 1 saturated heterocycles. The van der Waals surface area contributed by atoms with Gasteiger partial charge in [0.15, 0.2) is 5.78 Å². The summed E-state index contributed by atoms with van der Waals surface area (Å²) < 4.78 is 27.1. The number of hydrogen-bond acceptors (Lipinski definition) is 3. The standard InChI is InChI=1S/C19H21NO3S/c1-15(21)16-7-9-19(10-8-16)24(22,23)20-13-11-18(12-14-20)17-5-3-2-4-6-17/h2-10,18H,11-14H2,1H3. The highest BCUT2D eigenvalue weighted by molar-refractivity contribution is 7.89. The van der Waals surface area contributed by atoms with Gasteiger partial charge in [0.2, 0.25) is 10.0 Å². The fourth-order valence-electron chi connectivity index (χ4n) is 3.17. The lowest BCUT2D eigenvalue weighted by Gasteiger charge is -2.31. The molecule has 0 bridgehead atoms. The number of hydrogen-bond donors (Lipinski definition) is 0. The maximum atomic E-state index is 12.8. The fraction of sp³-hybridized carbons (Fsp3) is 0.316. The smallest absolute Gasteiger partial charge is 0.243 e. The Morgan fingerprint density at radius 3 is 2.08 bits per heavy atom. The maximum absolute atomic E-state index is 12.8. The minimum Gasteiger partial charge on any atom is -0.295 e. The van der Waals surface area contributed by atoms with Crippen molar-refractivity contribution in [2.45, 2.75) is 30.6 Å². The summed E-state index contributed by atoms with van der Waals surface area (Å²) in [6.07, 6.45) is 1.66. The Kier molecular flexibility index (Phi) is 4.83. The molecule has 0 unspecified atom stereocenters. The average Bonchev–Trinajstić information content (AvgIpc) is 2.62. The zero-order chi connectivity index (χ0) is 17.2. The van der Waals surface area contributed by atoms with Crippen LogP contribution in [0.4, 0.5) is 0 Å². The fourth-order valence-corrected chi connectivity index (χ4v) is 4.64. The molecule has 4 nitrogen and oxygen atoms in total. The Morgan fingerprint density at radius 2 is 1.54 bits per heavy atom. The van der Waals surface area contributed by atoms with Crippen LogP contribution >= 0.6 is 0 Å².